The Morgan fingerprint density at radius 1 is 1.19 bits per heavy atom. The zero-order chi connectivity index (χ0) is 18.5. The summed E-state index contributed by atoms with van der Waals surface area (Å²) in [5.41, 5.74) is 0.775. The number of methoxy groups -OCH3 is 2. The van der Waals surface area contributed by atoms with Gasteiger partial charge in [0.1, 0.15) is 11.9 Å². The molecule has 26 heavy (non-hydrogen) atoms. The van der Waals surface area contributed by atoms with Crippen molar-refractivity contribution < 1.29 is 19.1 Å². The molecule has 1 aromatic heterocycles. The highest BCUT2D eigenvalue weighted by Crippen LogP contribution is 2.26. The fraction of sp³-hybridized carbons (Fsp3) is 0.611. The number of imide groups is 1. The molecule has 2 fully saturated rings. The lowest BCUT2D eigenvalue weighted by atomic mass is 9.96. The molecule has 1 unspecified atom stereocenters. The summed E-state index contributed by atoms with van der Waals surface area (Å²) in [7, 11) is 3.35. The molecule has 1 aromatic rings. The molecule has 8 nitrogen and oxygen atoms in total. The van der Waals surface area contributed by atoms with Crippen molar-refractivity contribution in [2.45, 2.75) is 38.0 Å². The van der Waals surface area contributed by atoms with Gasteiger partial charge in [-0.1, -0.05) is 0 Å². The second kappa shape index (κ2) is 8.46. The molecule has 3 heterocycles. The Labute approximate surface area is 153 Å². The maximum Gasteiger partial charge on any atom is 0.249 e. The molecular weight excluding hydrogens is 336 g/mol. The van der Waals surface area contributed by atoms with Crippen molar-refractivity contribution in [3.05, 3.63) is 18.3 Å². The van der Waals surface area contributed by atoms with E-state index in [4.69, 9.17) is 9.47 Å². The molecule has 2 N–H and O–H groups in total. The van der Waals surface area contributed by atoms with E-state index < -0.39 is 6.04 Å². The first-order valence-electron chi connectivity index (χ1n) is 8.97. The highest BCUT2D eigenvalue weighted by molar-refractivity contribution is 6.01. The molecule has 0 spiro atoms. The number of aromatic nitrogens is 1. The van der Waals surface area contributed by atoms with Crippen molar-refractivity contribution in [1.29, 1.82) is 0 Å². The topological polar surface area (TPSA) is 92.8 Å². The second-order valence-electron chi connectivity index (χ2n) is 6.72. The summed E-state index contributed by atoms with van der Waals surface area (Å²) in [6.07, 6.45) is 4.42. The molecule has 1 atom stereocenters. The maximum atomic E-state index is 11.8. The van der Waals surface area contributed by atoms with Gasteiger partial charge in [0.25, 0.3) is 0 Å². The normalized spacial score (nSPS) is 21.8. The van der Waals surface area contributed by atoms with Crippen LogP contribution in [-0.2, 0) is 19.1 Å². The number of anilines is 2. The van der Waals surface area contributed by atoms with Crippen LogP contribution in [0.1, 0.15) is 25.7 Å². The first-order chi connectivity index (χ1) is 12.6. The van der Waals surface area contributed by atoms with Gasteiger partial charge in [-0.3, -0.25) is 14.9 Å². The summed E-state index contributed by atoms with van der Waals surface area (Å²) in [6, 6.07) is 3.49. The summed E-state index contributed by atoms with van der Waals surface area (Å²) in [5, 5.41) is 5.49. The number of nitrogens with one attached hydrogen (secondary N) is 2. The second-order valence-corrected chi connectivity index (χ2v) is 6.72. The first kappa shape index (κ1) is 18.6. The number of amides is 2. The van der Waals surface area contributed by atoms with Gasteiger partial charge in [-0.25, -0.2) is 4.98 Å². The standard InChI is InChI=1S/C18H26N4O4/c1-25-18(26-2)12-7-9-22(10-8-12)15-5-3-13(11-19-15)20-14-4-6-16(23)21-17(14)24/h3,5,11-12,14,18,20H,4,6-10H2,1-2H3,(H,21,23,24). The number of hydrogen-bond donors (Lipinski definition) is 2. The first-order valence-corrected chi connectivity index (χ1v) is 8.97. The van der Waals surface area contributed by atoms with Crippen molar-refractivity contribution in [2.24, 2.45) is 5.92 Å². The third kappa shape index (κ3) is 4.31. The molecule has 142 valence electrons. The van der Waals surface area contributed by atoms with Crippen LogP contribution in [-0.4, -0.2) is 56.4 Å². The molecule has 3 rings (SSSR count). The minimum atomic E-state index is -0.392. The molecule has 0 bridgehead atoms. The number of piperidine rings is 2. The Balaban J connectivity index is 1.53. The van der Waals surface area contributed by atoms with Gasteiger partial charge >= 0.3 is 0 Å². The highest BCUT2D eigenvalue weighted by atomic mass is 16.7. The Hall–Kier alpha value is -2.19. The Bertz CT molecular complexity index is 625. The van der Waals surface area contributed by atoms with Crippen LogP contribution in [0, 0.1) is 5.92 Å². The SMILES string of the molecule is COC(OC)C1CCN(c2ccc(NC3CCC(=O)NC3=O)cn2)CC1. The zero-order valence-corrected chi connectivity index (χ0v) is 15.2. The number of ether oxygens (including phenoxy) is 2. The van der Waals surface area contributed by atoms with E-state index in [0.29, 0.717) is 18.8 Å². The number of carbonyl (C=O) groups excluding carboxylic acids is 2. The number of pyridine rings is 1. The molecule has 2 saturated heterocycles. The van der Waals surface area contributed by atoms with E-state index in [-0.39, 0.29) is 18.1 Å². The van der Waals surface area contributed by atoms with Crippen LogP contribution < -0.4 is 15.5 Å². The third-order valence-corrected chi connectivity index (χ3v) is 5.04. The lowest BCUT2D eigenvalue weighted by Crippen LogP contribution is -2.47. The summed E-state index contributed by atoms with van der Waals surface area (Å²) in [4.78, 5) is 29.8. The lowest BCUT2D eigenvalue weighted by molar-refractivity contribution is -0.141. The van der Waals surface area contributed by atoms with Gasteiger partial charge in [-0.2, -0.15) is 0 Å². The Kier molecular flexibility index (Phi) is 6.05. The largest absolute Gasteiger partial charge is 0.372 e. The van der Waals surface area contributed by atoms with E-state index >= 15 is 0 Å². The molecular formula is C18H26N4O4. The van der Waals surface area contributed by atoms with Crippen LogP contribution in [0.5, 0.6) is 0 Å². The maximum absolute atomic E-state index is 11.8. The van der Waals surface area contributed by atoms with Crippen LogP contribution in [0.25, 0.3) is 0 Å². The van der Waals surface area contributed by atoms with E-state index in [9.17, 15) is 9.59 Å². The fourth-order valence-corrected chi connectivity index (χ4v) is 3.57. The van der Waals surface area contributed by atoms with Crippen LogP contribution in [0.3, 0.4) is 0 Å². The van der Waals surface area contributed by atoms with Gasteiger partial charge in [0.15, 0.2) is 6.29 Å². The van der Waals surface area contributed by atoms with Crippen molar-refractivity contribution in [1.82, 2.24) is 10.3 Å². The molecule has 0 saturated carbocycles. The molecule has 2 amide bonds. The minimum Gasteiger partial charge on any atom is -0.372 e. The summed E-state index contributed by atoms with van der Waals surface area (Å²) in [5.74, 6) is 0.825. The van der Waals surface area contributed by atoms with Crippen molar-refractivity contribution in [3.8, 4) is 0 Å². The average Bonchev–Trinajstić information content (AvgIpc) is 2.66. The van der Waals surface area contributed by atoms with Crippen LogP contribution >= 0.6 is 0 Å². The van der Waals surface area contributed by atoms with Crippen LogP contribution in [0.4, 0.5) is 11.5 Å². The summed E-state index contributed by atoms with van der Waals surface area (Å²) >= 11 is 0. The minimum absolute atomic E-state index is 0.148. The summed E-state index contributed by atoms with van der Waals surface area (Å²) < 4.78 is 10.7. The monoisotopic (exact) mass is 362 g/mol. The number of carbonyl (C=O) groups is 2. The number of nitrogens with zero attached hydrogens (tertiary/aromatic N) is 2. The molecule has 2 aliphatic heterocycles. The van der Waals surface area contributed by atoms with E-state index in [1.807, 2.05) is 12.1 Å². The average molecular weight is 362 g/mol. The number of hydrogen-bond acceptors (Lipinski definition) is 7. The van der Waals surface area contributed by atoms with Gasteiger partial charge in [0.05, 0.1) is 11.9 Å². The summed E-state index contributed by atoms with van der Waals surface area (Å²) in [6.45, 7) is 1.81. The Morgan fingerprint density at radius 3 is 2.50 bits per heavy atom. The van der Waals surface area contributed by atoms with Crippen molar-refractivity contribution >= 4 is 23.3 Å². The molecule has 0 aromatic carbocycles. The molecule has 2 aliphatic rings. The van der Waals surface area contributed by atoms with E-state index in [0.717, 1.165) is 37.4 Å². The molecule has 0 aliphatic carbocycles. The fourth-order valence-electron chi connectivity index (χ4n) is 3.57. The number of rotatable bonds is 6. The van der Waals surface area contributed by atoms with Crippen LogP contribution in [0.15, 0.2) is 18.3 Å². The quantitative estimate of drug-likeness (QED) is 0.579. The smallest absolute Gasteiger partial charge is 0.249 e. The molecule has 8 heteroatoms. The van der Waals surface area contributed by atoms with Crippen molar-refractivity contribution in [3.63, 3.8) is 0 Å². The van der Waals surface area contributed by atoms with E-state index in [2.05, 4.69) is 20.5 Å². The predicted molar refractivity (Wildman–Crippen MR) is 96.8 cm³/mol. The van der Waals surface area contributed by atoms with Gasteiger partial charge in [0.2, 0.25) is 11.8 Å². The van der Waals surface area contributed by atoms with Gasteiger partial charge in [-0.05, 0) is 31.4 Å². The van der Waals surface area contributed by atoms with Crippen LogP contribution in [0.2, 0.25) is 0 Å². The lowest BCUT2D eigenvalue weighted by Gasteiger charge is -2.35. The molecule has 0 radical (unpaired) electrons. The van der Waals surface area contributed by atoms with E-state index in [1.165, 1.54) is 0 Å². The van der Waals surface area contributed by atoms with Crippen molar-refractivity contribution in [2.75, 3.05) is 37.5 Å². The predicted octanol–water partition coefficient (Wildman–Crippen LogP) is 1.13. The van der Waals surface area contributed by atoms with Gasteiger partial charge < -0.3 is 19.7 Å². The van der Waals surface area contributed by atoms with Gasteiger partial charge in [-0.15, -0.1) is 0 Å². The highest BCUT2D eigenvalue weighted by Gasteiger charge is 2.28. The third-order valence-electron chi connectivity index (χ3n) is 5.04. The van der Waals surface area contributed by atoms with E-state index in [1.54, 1.807) is 20.4 Å². The Morgan fingerprint density at radius 2 is 1.92 bits per heavy atom. The van der Waals surface area contributed by atoms with Gasteiger partial charge in [0, 0.05) is 39.6 Å². The zero-order valence-electron chi connectivity index (χ0n) is 15.2.